The van der Waals surface area contributed by atoms with Gasteiger partial charge >= 0.3 is 11.6 Å². The lowest BCUT2D eigenvalue weighted by molar-refractivity contribution is 0.0524. The molecule has 0 N–H and O–H groups in total. The number of hydrogen-bond donors (Lipinski definition) is 0. The van der Waals surface area contributed by atoms with Gasteiger partial charge in [-0.05, 0) is 41.0 Å². The van der Waals surface area contributed by atoms with Crippen molar-refractivity contribution in [3.8, 4) is 22.5 Å². The van der Waals surface area contributed by atoms with E-state index in [4.69, 9.17) is 9.15 Å². The molecule has 3 rings (SSSR count). The zero-order valence-corrected chi connectivity index (χ0v) is 18.0. The largest absolute Gasteiger partial charge is 0.462 e. The van der Waals surface area contributed by atoms with Gasteiger partial charge in [0.25, 0.3) is 0 Å². The fourth-order valence-corrected chi connectivity index (χ4v) is 3.36. The molecule has 0 spiro atoms. The number of rotatable bonds is 4. The molecule has 0 unspecified atom stereocenters. The molecular weight excluding hydrogens is 364 g/mol. The Balaban J connectivity index is 2.24. The zero-order valence-electron chi connectivity index (χ0n) is 18.0. The van der Waals surface area contributed by atoms with E-state index in [-0.39, 0.29) is 23.5 Å². The van der Waals surface area contributed by atoms with Crippen LogP contribution in [0.15, 0.2) is 51.7 Å². The summed E-state index contributed by atoms with van der Waals surface area (Å²) in [6.07, 6.45) is 0. The Labute approximate surface area is 171 Å². The molecule has 152 valence electrons. The molecule has 2 aliphatic rings. The zero-order chi connectivity index (χ0) is 21.3. The Hall–Kier alpha value is -2.88. The smallest absolute Gasteiger partial charge is 0.351 e. The van der Waals surface area contributed by atoms with E-state index in [1.165, 1.54) is 5.56 Å². The first kappa shape index (κ1) is 20.8. The van der Waals surface area contributed by atoms with Crippen molar-refractivity contribution >= 4 is 5.97 Å². The molecule has 1 aliphatic heterocycles. The van der Waals surface area contributed by atoms with Crippen LogP contribution < -0.4 is 5.63 Å². The third-order valence-corrected chi connectivity index (χ3v) is 5.12. The molecule has 0 radical (unpaired) electrons. The number of carbonyl (C=O) groups excluding carboxylic acids is 1. The van der Waals surface area contributed by atoms with Gasteiger partial charge in [0.1, 0.15) is 5.76 Å². The molecule has 0 aromatic heterocycles. The van der Waals surface area contributed by atoms with Crippen molar-refractivity contribution in [1.29, 1.82) is 0 Å². The second-order valence-corrected chi connectivity index (χ2v) is 8.60. The van der Waals surface area contributed by atoms with E-state index in [2.05, 4.69) is 46.8 Å². The van der Waals surface area contributed by atoms with Crippen LogP contribution in [0.2, 0.25) is 0 Å². The van der Waals surface area contributed by atoms with E-state index in [0.717, 1.165) is 16.7 Å². The van der Waals surface area contributed by atoms with Crippen LogP contribution in [0.25, 0.3) is 22.5 Å². The maximum Gasteiger partial charge on any atom is 0.351 e. The van der Waals surface area contributed by atoms with Crippen LogP contribution in [0.3, 0.4) is 0 Å². The summed E-state index contributed by atoms with van der Waals surface area (Å²) in [6.45, 7) is 12.6. The van der Waals surface area contributed by atoms with Crippen molar-refractivity contribution in [2.75, 3.05) is 6.61 Å². The number of ether oxygens (including phenoxy) is 1. The van der Waals surface area contributed by atoms with Gasteiger partial charge in [-0.2, -0.15) is 0 Å². The average Bonchev–Trinajstić information content (AvgIpc) is 2.84. The molecular formula is C25H28O4. The van der Waals surface area contributed by atoms with Crippen molar-refractivity contribution < 1.29 is 13.9 Å². The quantitative estimate of drug-likeness (QED) is 0.510. The van der Waals surface area contributed by atoms with Crippen LogP contribution in [0.5, 0.6) is 0 Å². The molecule has 4 heteroatoms. The van der Waals surface area contributed by atoms with Crippen molar-refractivity contribution in [2.45, 2.75) is 52.9 Å². The molecule has 1 aliphatic carbocycles. The number of fused-ring (bicyclic) bond motifs is 1. The Morgan fingerprint density at radius 1 is 1.03 bits per heavy atom. The first-order valence-corrected chi connectivity index (χ1v) is 10.0. The fourth-order valence-electron chi connectivity index (χ4n) is 3.36. The van der Waals surface area contributed by atoms with Crippen molar-refractivity contribution in [3.05, 3.63) is 69.6 Å². The van der Waals surface area contributed by atoms with E-state index in [9.17, 15) is 9.59 Å². The van der Waals surface area contributed by atoms with E-state index >= 15 is 0 Å². The second-order valence-electron chi connectivity index (χ2n) is 8.60. The number of esters is 1. The van der Waals surface area contributed by atoms with Gasteiger partial charge in [-0.1, -0.05) is 71.0 Å². The molecule has 0 bridgehead atoms. The predicted molar refractivity (Wildman–Crippen MR) is 116 cm³/mol. The molecule has 0 atom stereocenters. The molecule has 29 heavy (non-hydrogen) atoms. The first-order chi connectivity index (χ1) is 13.6. The maximum absolute atomic E-state index is 12.5. The SMILES string of the molecule is CCOC(=O)c1c2cc(C(C)C)ccc(-c3ccc(C(C)(C)C)cc3)c-2oc1=O. The van der Waals surface area contributed by atoms with Crippen LogP contribution in [0, 0.1) is 0 Å². The molecule has 1 aromatic rings. The van der Waals surface area contributed by atoms with Crippen molar-refractivity contribution in [3.63, 3.8) is 0 Å². The monoisotopic (exact) mass is 392 g/mol. The molecule has 1 heterocycles. The van der Waals surface area contributed by atoms with Crippen molar-refractivity contribution in [2.24, 2.45) is 0 Å². The summed E-state index contributed by atoms with van der Waals surface area (Å²) >= 11 is 0. The first-order valence-electron chi connectivity index (χ1n) is 10.0. The maximum atomic E-state index is 12.5. The molecule has 1 aromatic carbocycles. The van der Waals surface area contributed by atoms with Gasteiger partial charge in [-0.15, -0.1) is 0 Å². The number of hydrogen-bond acceptors (Lipinski definition) is 4. The highest BCUT2D eigenvalue weighted by molar-refractivity contribution is 5.99. The lowest BCUT2D eigenvalue weighted by Gasteiger charge is -2.19. The minimum Gasteiger partial charge on any atom is -0.462 e. The number of carbonyl (C=O) groups is 1. The van der Waals surface area contributed by atoms with Gasteiger partial charge in [0.05, 0.1) is 6.61 Å². The number of furan rings is 1. The van der Waals surface area contributed by atoms with Gasteiger partial charge in [0, 0.05) is 11.1 Å². The third-order valence-electron chi connectivity index (χ3n) is 5.12. The lowest BCUT2D eigenvalue weighted by Crippen LogP contribution is -2.13. The Morgan fingerprint density at radius 3 is 2.24 bits per heavy atom. The van der Waals surface area contributed by atoms with E-state index in [1.807, 2.05) is 30.3 Å². The summed E-state index contributed by atoms with van der Waals surface area (Å²) in [5.74, 6) is -0.0126. The van der Waals surface area contributed by atoms with Crippen molar-refractivity contribution in [1.82, 2.24) is 0 Å². The molecule has 0 saturated carbocycles. The highest BCUT2D eigenvalue weighted by Gasteiger charge is 2.27. The summed E-state index contributed by atoms with van der Waals surface area (Å²) in [4.78, 5) is 25.0. The lowest BCUT2D eigenvalue weighted by atomic mass is 9.86. The molecule has 4 nitrogen and oxygen atoms in total. The van der Waals surface area contributed by atoms with Gasteiger partial charge in [0.2, 0.25) is 0 Å². The molecule has 0 saturated heterocycles. The standard InChI is InChI=1S/C25H28O4/c1-7-28-23(26)21-20-14-17(15(2)3)10-13-19(22(20)29-24(21)27)16-8-11-18(12-9-16)25(4,5)6/h8-15H,7H2,1-6H3. The number of benzene rings is 1. The van der Waals surface area contributed by atoms with Gasteiger partial charge < -0.3 is 9.15 Å². The second kappa shape index (κ2) is 7.86. The van der Waals surface area contributed by atoms with Gasteiger partial charge in [0.15, 0.2) is 5.56 Å². The van der Waals surface area contributed by atoms with Crippen LogP contribution in [-0.2, 0) is 10.2 Å². The van der Waals surface area contributed by atoms with E-state index in [1.54, 1.807) is 6.92 Å². The highest BCUT2D eigenvalue weighted by atomic mass is 16.5. The van der Waals surface area contributed by atoms with E-state index in [0.29, 0.717) is 11.3 Å². The molecule has 0 fully saturated rings. The van der Waals surface area contributed by atoms with Gasteiger partial charge in [-0.25, -0.2) is 9.59 Å². The summed E-state index contributed by atoms with van der Waals surface area (Å²) in [7, 11) is 0. The van der Waals surface area contributed by atoms with Crippen LogP contribution in [0.1, 0.15) is 68.9 Å². The summed E-state index contributed by atoms with van der Waals surface area (Å²) in [6, 6.07) is 14.1. The van der Waals surface area contributed by atoms with Crippen LogP contribution >= 0.6 is 0 Å². The highest BCUT2D eigenvalue weighted by Crippen LogP contribution is 2.37. The summed E-state index contributed by atoms with van der Waals surface area (Å²) in [5, 5.41) is 0. The minimum absolute atomic E-state index is 0.0347. The predicted octanol–water partition coefficient (Wildman–Crippen LogP) is 6.01. The summed E-state index contributed by atoms with van der Waals surface area (Å²) in [5.41, 5.74) is 3.79. The topological polar surface area (TPSA) is 56.5 Å². The average molecular weight is 392 g/mol. The Bertz CT molecular complexity index is 1050. The van der Waals surface area contributed by atoms with E-state index < -0.39 is 11.6 Å². The van der Waals surface area contributed by atoms with Crippen LogP contribution in [0.4, 0.5) is 0 Å². The Morgan fingerprint density at radius 2 is 1.69 bits per heavy atom. The normalized spacial score (nSPS) is 11.8. The molecule has 0 amide bonds. The summed E-state index contributed by atoms with van der Waals surface area (Å²) < 4.78 is 10.7. The van der Waals surface area contributed by atoms with Crippen LogP contribution in [-0.4, -0.2) is 12.6 Å². The third kappa shape index (κ3) is 4.12. The Kier molecular flexibility index (Phi) is 5.65. The fraction of sp³-hybridized carbons (Fsp3) is 0.360. The minimum atomic E-state index is -0.660. The van der Waals surface area contributed by atoms with Gasteiger partial charge in [-0.3, -0.25) is 0 Å².